The fraction of sp³-hybridized carbons (Fsp3) is 0.875. The molecule has 0 unspecified atom stereocenters. The number of nitrogens with zero attached hydrogens (tertiary/aromatic N) is 1. The third kappa shape index (κ3) is 2.99. The molecule has 64 valence electrons. The minimum absolute atomic E-state index is 0.368. The van der Waals surface area contributed by atoms with Crippen LogP contribution in [0.4, 0.5) is 0 Å². The summed E-state index contributed by atoms with van der Waals surface area (Å²) in [4.78, 5) is 13.1. The molecular formula is C8H15NO2. The lowest BCUT2D eigenvalue weighted by atomic mass is 10.1. The summed E-state index contributed by atoms with van der Waals surface area (Å²) >= 11 is 0. The molecule has 1 aliphatic heterocycles. The highest BCUT2D eigenvalue weighted by Crippen LogP contribution is 2.04. The minimum Gasteiger partial charge on any atom is -0.383 e. The van der Waals surface area contributed by atoms with Crippen LogP contribution in [0.2, 0.25) is 0 Å². The summed E-state index contributed by atoms with van der Waals surface area (Å²) in [6.07, 6.45) is 1.78. The van der Waals surface area contributed by atoms with Crippen molar-refractivity contribution in [3.8, 4) is 0 Å². The van der Waals surface area contributed by atoms with Gasteiger partial charge in [-0.05, 0) is 13.0 Å². The van der Waals surface area contributed by atoms with Gasteiger partial charge in [-0.2, -0.15) is 0 Å². The summed E-state index contributed by atoms with van der Waals surface area (Å²) in [5, 5.41) is 0. The zero-order valence-corrected chi connectivity index (χ0v) is 7.01. The Labute approximate surface area is 67.3 Å². The molecule has 0 saturated carbocycles. The molecule has 0 bridgehead atoms. The summed E-state index contributed by atoms with van der Waals surface area (Å²) in [6, 6.07) is 0. The highest BCUT2D eigenvalue weighted by Gasteiger charge is 2.15. The van der Waals surface area contributed by atoms with Gasteiger partial charge >= 0.3 is 0 Å². The normalized spacial score (nSPS) is 20.6. The van der Waals surface area contributed by atoms with Crippen molar-refractivity contribution in [2.24, 2.45) is 0 Å². The van der Waals surface area contributed by atoms with Gasteiger partial charge in [-0.25, -0.2) is 0 Å². The number of methoxy groups -OCH3 is 1. The minimum atomic E-state index is 0.368. The van der Waals surface area contributed by atoms with Gasteiger partial charge in [0.2, 0.25) is 0 Å². The Bertz CT molecular complexity index is 136. The Morgan fingerprint density at radius 1 is 1.64 bits per heavy atom. The lowest BCUT2D eigenvalue weighted by Gasteiger charge is -2.24. The number of piperidine rings is 1. The van der Waals surface area contributed by atoms with E-state index in [0.717, 1.165) is 32.5 Å². The van der Waals surface area contributed by atoms with E-state index >= 15 is 0 Å². The van der Waals surface area contributed by atoms with E-state index in [2.05, 4.69) is 4.90 Å². The molecule has 11 heavy (non-hydrogen) atoms. The van der Waals surface area contributed by atoms with E-state index in [9.17, 15) is 4.79 Å². The third-order valence-corrected chi connectivity index (χ3v) is 1.94. The first-order valence-electron chi connectivity index (χ1n) is 4.06. The highest BCUT2D eigenvalue weighted by atomic mass is 16.5. The molecule has 0 spiro atoms. The Balaban J connectivity index is 2.17. The fourth-order valence-electron chi connectivity index (χ4n) is 1.32. The lowest BCUT2D eigenvalue weighted by molar-refractivity contribution is -0.122. The van der Waals surface area contributed by atoms with Gasteiger partial charge in [-0.1, -0.05) is 0 Å². The van der Waals surface area contributed by atoms with Crippen LogP contribution in [0.1, 0.15) is 12.8 Å². The molecule has 0 aromatic heterocycles. The standard InChI is InChI=1S/C8H15NO2/c1-11-6-5-9-4-2-3-8(10)7-9/h2-7H2,1H3. The first-order valence-corrected chi connectivity index (χ1v) is 4.06. The first-order chi connectivity index (χ1) is 5.33. The summed E-state index contributed by atoms with van der Waals surface area (Å²) in [6.45, 7) is 3.30. The van der Waals surface area contributed by atoms with E-state index in [0.29, 0.717) is 12.3 Å². The molecule has 0 aliphatic carbocycles. The van der Waals surface area contributed by atoms with E-state index in [1.165, 1.54) is 0 Å². The van der Waals surface area contributed by atoms with Gasteiger partial charge in [-0.15, -0.1) is 0 Å². The summed E-state index contributed by atoms with van der Waals surface area (Å²) in [5.41, 5.74) is 0. The van der Waals surface area contributed by atoms with Crippen LogP contribution in [0.5, 0.6) is 0 Å². The predicted molar refractivity (Wildman–Crippen MR) is 42.6 cm³/mol. The summed E-state index contributed by atoms with van der Waals surface area (Å²) in [5.74, 6) is 0.368. The van der Waals surface area contributed by atoms with Gasteiger partial charge in [0.25, 0.3) is 0 Å². The molecule has 3 heteroatoms. The maximum atomic E-state index is 11.0. The van der Waals surface area contributed by atoms with Crippen LogP contribution in [0, 0.1) is 0 Å². The number of carbonyl (C=O) groups excluding carboxylic acids is 1. The maximum Gasteiger partial charge on any atom is 0.146 e. The fourth-order valence-corrected chi connectivity index (χ4v) is 1.32. The van der Waals surface area contributed by atoms with Gasteiger partial charge in [-0.3, -0.25) is 9.69 Å². The number of likely N-dealkylation sites (tertiary alicyclic amines) is 1. The van der Waals surface area contributed by atoms with E-state index < -0.39 is 0 Å². The summed E-state index contributed by atoms with van der Waals surface area (Å²) < 4.78 is 4.93. The van der Waals surface area contributed by atoms with Crippen molar-refractivity contribution in [2.45, 2.75) is 12.8 Å². The Morgan fingerprint density at radius 2 is 2.45 bits per heavy atom. The Hall–Kier alpha value is -0.410. The Morgan fingerprint density at radius 3 is 3.09 bits per heavy atom. The second kappa shape index (κ2) is 4.46. The van der Waals surface area contributed by atoms with Gasteiger partial charge in [0.05, 0.1) is 13.2 Å². The van der Waals surface area contributed by atoms with E-state index in [1.807, 2.05) is 0 Å². The zero-order valence-electron chi connectivity index (χ0n) is 7.01. The average molecular weight is 157 g/mol. The SMILES string of the molecule is COCCN1CCCC(=O)C1. The highest BCUT2D eigenvalue weighted by molar-refractivity contribution is 5.81. The van der Waals surface area contributed by atoms with Crippen LogP contribution in [0.3, 0.4) is 0 Å². The van der Waals surface area contributed by atoms with E-state index in [-0.39, 0.29) is 0 Å². The van der Waals surface area contributed by atoms with Crippen molar-refractivity contribution in [2.75, 3.05) is 33.4 Å². The molecular weight excluding hydrogens is 142 g/mol. The number of hydrogen-bond acceptors (Lipinski definition) is 3. The van der Waals surface area contributed by atoms with Crippen molar-refractivity contribution < 1.29 is 9.53 Å². The molecule has 1 heterocycles. The maximum absolute atomic E-state index is 11.0. The van der Waals surface area contributed by atoms with E-state index in [1.54, 1.807) is 7.11 Å². The molecule has 1 fully saturated rings. The monoisotopic (exact) mass is 157 g/mol. The molecule has 0 N–H and O–H groups in total. The smallest absolute Gasteiger partial charge is 0.146 e. The van der Waals surface area contributed by atoms with Crippen LogP contribution in [-0.2, 0) is 9.53 Å². The van der Waals surface area contributed by atoms with Gasteiger partial charge in [0.1, 0.15) is 5.78 Å². The summed E-state index contributed by atoms with van der Waals surface area (Å²) in [7, 11) is 1.69. The van der Waals surface area contributed by atoms with Crippen molar-refractivity contribution in [3.05, 3.63) is 0 Å². The first kappa shape index (κ1) is 8.68. The molecule has 0 aromatic carbocycles. The van der Waals surface area contributed by atoms with Gasteiger partial charge in [0, 0.05) is 20.1 Å². The molecule has 0 atom stereocenters. The van der Waals surface area contributed by atoms with Crippen LogP contribution in [-0.4, -0.2) is 44.0 Å². The lowest BCUT2D eigenvalue weighted by Crippen LogP contribution is -2.37. The van der Waals surface area contributed by atoms with E-state index in [4.69, 9.17) is 4.74 Å². The number of ketones is 1. The van der Waals surface area contributed by atoms with Gasteiger partial charge in [0.15, 0.2) is 0 Å². The molecule has 1 saturated heterocycles. The van der Waals surface area contributed by atoms with Crippen LogP contribution >= 0.6 is 0 Å². The number of carbonyl (C=O) groups is 1. The topological polar surface area (TPSA) is 29.5 Å². The molecule has 1 aliphatic rings. The quantitative estimate of drug-likeness (QED) is 0.590. The Kier molecular flexibility index (Phi) is 3.52. The second-order valence-corrected chi connectivity index (χ2v) is 2.91. The number of rotatable bonds is 3. The molecule has 0 amide bonds. The van der Waals surface area contributed by atoms with Crippen molar-refractivity contribution >= 4 is 5.78 Å². The molecule has 1 rings (SSSR count). The molecule has 3 nitrogen and oxygen atoms in total. The largest absolute Gasteiger partial charge is 0.383 e. The van der Waals surface area contributed by atoms with Crippen LogP contribution in [0.25, 0.3) is 0 Å². The van der Waals surface area contributed by atoms with Gasteiger partial charge < -0.3 is 4.74 Å². The van der Waals surface area contributed by atoms with Crippen LogP contribution in [0.15, 0.2) is 0 Å². The second-order valence-electron chi connectivity index (χ2n) is 2.91. The predicted octanol–water partition coefficient (Wildman–Crippen LogP) is 0.298. The van der Waals surface area contributed by atoms with Crippen molar-refractivity contribution in [3.63, 3.8) is 0 Å². The molecule has 0 radical (unpaired) electrons. The third-order valence-electron chi connectivity index (χ3n) is 1.94. The molecule has 0 aromatic rings. The van der Waals surface area contributed by atoms with Crippen molar-refractivity contribution in [1.82, 2.24) is 4.90 Å². The number of hydrogen-bond donors (Lipinski definition) is 0. The van der Waals surface area contributed by atoms with Crippen molar-refractivity contribution in [1.29, 1.82) is 0 Å². The number of Topliss-reactive ketones (excluding diaryl/α,β-unsaturated/α-hetero) is 1. The number of ether oxygens (including phenoxy) is 1. The average Bonchev–Trinajstić information content (AvgIpc) is 2.01. The van der Waals surface area contributed by atoms with Crippen LogP contribution < -0.4 is 0 Å². The zero-order chi connectivity index (χ0) is 8.10.